The molecular weight excluding hydrogens is 432 g/mol. The largest absolute Gasteiger partial charge is 0.466 e. The Morgan fingerprint density at radius 2 is 2.09 bits per heavy atom. The maximum absolute atomic E-state index is 14.2. The van der Waals surface area contributed by atoms with Gasteiger partial charge in [-0.15, -0.1) is 0 Å². The summed E-state index contributed by atoms with van der Waals surface area (Å²) in [7, 11) is 0. The minimum atomic E-state index is -4.62. The third-order valence-corrected chi connectivity index (χ3v) is 5.46. The first-order valence-electron chi connectivity index (χ1n) is 10.1. The summed E-state index contributed by atoms with van der Waals surface area (Å²) in [6.45, 7) is 0.124. The number of halogens is 4. The van der Waals surface area contributed by atoms with Crippen molar-refractivity contribution in [1.82, 2.24) is 14.9 Å². The maximum Gasteiger partial charge on any atom is 0.422 e. The predicted octanol–water partition coefficient (Wildman–Crippen LogP) is 4.01. The second kappa shape index (κ2) is 8.36. The Kier molecular flexibility index (Phi) is 5.74. The van der Waals surface area contributed by atoms with E-state index in [-0.39, 0.29) is 23.9 Å². The topological polar surface area (TPSA) is 84.4 Å². The van der Waals surface area contributed by atoms with Crippen LogP contribution in [-0.4, -0.2) is 39.5 Å². The van der Waals surface area contributed by atoms with Crippen LogP contribution in [0.2, 0.25) is 0 Å². The lowest BCUT2D eigenvalue weighted by atomic mass is 10.1. The zero-order valence-electron chi connectivity index (χ0n) is 17.1. The number of carbonyl (C=O) groups excluding carboxylic acids is 2. The molecular formula is C21H20F4N4O3. The van der Waals surface area contributed by atoms with Crippen molar-refractivity contribution in [3.05, 3.63) is 47.0 Å². The first kappa shape index (κ1) is 22.0. The number of aromatic nitrogens is 2. The zero-order chi connectivity index (χ0) is 23.0. The number of alkyl halides is 3. The number of nitrogens with one attached hydrogen (secondary N) is 1. The highest BCUT2D eigenvalue weighted by molar-refractivity contribution is 6.01. The second-order valence-corrected chi connectivity index (χ2v) is 7.95. The molecule has 0 spiro atoms. The van der Waals surface area contributed by atoms with Crippen molar-refractivity contribution in [2.24, 2.45) is 5.92 Å². The molecule has 1 saturated carbocycles. The van der Waals surface area contributed by atoms with Gasteiger partial charge in [0.25, 0.3) is 11.8 Å². The van der Waals surface area contributed by atoms with Gasteiger partial charge < -0.3 is 15.0 Å². The van der Waals surface area contributed by atoms with Crippen molar-refractivity contribution in [1.29, 1.82) is 0 Å². The van der Waals surface area contributed by atoms with E-state index in [1.807, 2.05) is 0 Å². The Morgan fingerprint density at radius 3 is 2.75 bits per heavy atom. The highest BCUT2D eigenvalue weighted by Crippen LogP contribution is 2.36. The van der Waals surface area contributed by atoms with Crippen molar-refractivity contribution in [3.63, 3.8) is 0 Å². The molecule has 1 unspecified atom stereocenters. The van der Waals surface area contributed by atoms with Gasteiger partial charge in [-0.25, -0.2) is 14.4 Å². The number of rotatable bonds is 7. The van der Waals surface area contributed by atoms with E-state index in [0.717, 1.165) is 18.9 Å². The summed E-state index contributed by atoms with van der Waals surface area (Å²) in [5.41, 5.74) is 1.23. The minimum absolute atomic E-state index is 0.135. The summed E-state index contributed by atoms with van der Waals surface area (Å²) < 4.78 is 55.5. The van der Waals surface area contributed by atoms with E-state index < -0.39 is 30.5 Å². The first-order valence-corrected chi connectivity index (χ1v) is 10.1. The Bertz CT molecular complexity index is 1060. The molecule has 4 rings (SSSR count). The Hall–Kier alpha value is -3.24. The van der Waals surface area contributed by atoms with Crippen molar-refractivity contribution in [2.45, 2.75) is 44.9 Å². The maximum atomic E-state index is 14.2. The zero-order valence-corrected chi connectivity index (χ0v) is 17.1. The van der Waals surface area contributed by atoms with E-state index in [0.29, 0.717) is 29.3 Å². The number of pyridine rings is 2. The highest BCUT2D eigenvalue weighted by Gasteiger charge is 2.35. The predicted molar refractivity (Wildman–Crippen MR) is 104 cm³/mol. The highest BCUT2D eigenvalue weighted by atomic mass is 19.4. The van der Waals surface area contributed by atoms with E-state index in [1.54, 1.807) is 13.0 Å². The summed E-state index contributed by atoms with van der Waals surface area (Å²) in [6, 6.07) is 1.91. The van der Waals surface area contributed by atoms with Gasteiger partial charge in [0.1, 0.15) is 5.82 Å². The van der Waals surface area contributed by atoms with Crippen LogP contribution in [0, 0.1) is 11.7 Å². The normalized spacial score (nSPS) is 16.7. The monoisotopic (exact) mass is 452 g/mol. The molecule has 2 amide bonds. The molecule has 11 heteroatoms. The van der Waals surface area contributed by atoms with Gasteiger partial charge in [-0.3, -0.25) is 9.59 Å². The average molecular weight is 452 g/mol. The van der Waals surface area contributed by atoms with Gasteiger partial charge in [0, 0.05) is 29.9 Å². The van der Waals surface area contributed by atoms with Crippen molar-refractivity contribution < 1.29 is 31.9 Å². The van der Waals surface area contributed by atoms with Crippen molar-refractivity contribution in [3.8, 4) is 5.88 Å². The molecule has 1 N–H and O–H groups in total. The SMILES string of the molecule is CC(c1cnc(OCC(F)(F)F)c(F)c1)N1Cc2c(ccnc2NC(=O)CC2CC2)C1=O. The fraction of sp³-hybridized carbons (Fsp3) is 0.429. The van der Waals surface area contributed by atoms with Crippen LogP contribution in [0.5, 0.6) is 5.88 Å². The van der Waals surface area contributed by atoms with Crippen LogP contribution in [-0.2, 0) is 11.3 Å². The number of hydrogen-bond acceptors (Lipinski definition) is 5. The molecule has 0 bridgehead atoms. The van der Waals surface area contributed by atoms with Crippen molar-refractivity contribution in [2.75, 3.05) is 11.9 Å². The molecule has 3 heterocycles. The molecule has 2 aromatic heterocycles. The van der Waals surface area contributed by atoms with E-state index in [1.165, 1.54) is 17.3 Å². The summed E-state index contributed by atoms with van der Waals surface area (Å²) in [4.78, 5) is 34.4. The molecule has 0 saturated heterocycles. The van der Waals surface area contributed by atoms with Crippen LogP contribution < -0.4 is 10.1 Å². The molecule has 7 nitrogen and oxygen atoms in total. The average Bonchev–Trinajstić information content (AvgIpc) is 3.47. The van der Waals surface area contributed by atoms with Crippen LogP contribution in [0.1, 0.15) is 53.7 Å². The van der Waals surface area contributed by atoms with Crippen molar-refractivity contribution >= 4 is 17.6 Å². The fourth-order valence-electron chi connectivity index (χ4n) is 3.54. The number of fused-ring (bicyclic) bond motifs is 1. The van der Waals surface area contributed by atoms with Gasteiger partial charge in [0.15, 0.2) is 12.4 Å². The molecule has 32 heavy (non-hydrogen) atoms. The quantitative estimate of drug-likeness (QED) is 0.642. The molecule has 0 aromatic carbocycles. The Morgan fingerprint density at radius 1 is 1.34 bits per heavy atom. The van der Waals surface area contributed by atoms with Gasteiger partial charge >= 0.3 is 6.18 Å². The lowest BCUT2D eigenvalue weighted by Gasteiger charge is -2.24. The molecule has 170 valence electrons. The van der Waals surface area contributed by atoms with E-state index in [2.05, 4.69) is 20.0 Å². The summed E-state index contributed by atoms with van der Waals surface area (Å²) in [5, 5.41) is 2.77. The van der Waals surface area contributed by atoms with Gasteiger partial charge in [-0.1, -0.05) is 0 Å². The Balaban J connectivity index is 1.49. The third-order valence-electron chi connectivity index (χ3n) is 5.46. The third kappa shape index (κ3) is 4.81. The minimum Gasteiger partial charge on any atom is -0.466 e. The number of nitrogens with zero attached hydrogens (tertiary/aromatic N) is 3. The smallest absolute Gasteiger partial charge is 0.422 e. The number of ether oxygens (including phenoxy) is 1. The second-order valence-electron chi connectivity index (χ2n) is 7.95. The van der Waals surface area contributed by atoms with E-state index in [4.69, 9.17) is 0 Å². The van der Waals surface area contributed by atoms with Gasteiger partial charge in [0.2, 0.25) is 5.91 Å². The molecule has 1 fully saturated rings. The van der Waals surface area contributed by atoms with E-state index in [9.17, 15) is 27.2 Å². The first-order chi connectivity index (χ1) is 15.1. The van der Waals surface area contributed by atoms with Crippen LogP contribution in [0.15, 0.2) is 24.5 Å². The van der Waals surface area contributed by atoms with Gasteiger partial charge in [-0.2, -0.15) is 13.2 Å². The number of amides is 2. The van der Waals surface area contributed by atoms with Crippen LogP contribution in [0.3, 0.4) is 0 Å². The number of hydrogen-bond donors (Lipinski definition) is 1. The molecule has 0 radical (unpaired) electrons. The van der Waals surface area contributed by atoms with Gasteiger partial charge in [0.05, 0.1) is 12.6 Å². The number of carbonyl (C=O) groups is 2. The van der Waals surface area contributed by atoms with E-state index >= 15 is 0 Å². The lowest BCUT2D eigenvalue weighted by Crippen LogP contribution is -2.27. The Labute approximate surface area is 180 Å². The fourth-order valence-corrected chi connectivity index (χ4v) is 3.54. The number of anilines is 1. The molecule has 1 aliphatic heterocycles. The standard InChI is InChI=1S/C21H20F4N4O3/c1-11(13-7-16(22)19(27-8-13)32-10-21(23,24)25)29-9-15-14(20(29)31)4-5-26-18(15)28-17(30)6-12-2-3-12/h4-5,7-8,11-12H,2-3,6,9-10H2,1H3,(H,26,28,30). The molecule has 1 aliphatic carbocycles. The molecule has 2 aromatic rings. The summed E-state index contributed by atoms with van der Waals surface area (Å²) in [6.07, 6.45) is 0.461. The van der Waals surface area contributed by atoms with Crippen LogP contribution in [0.25, 0.3) is 0 Å². The van der Waals surface area contributed by atoms with Gasteiger partial charge in [-0.05, 0) is 43.4 Å². The van der Waals surface area contributed by atoms with Crippen LogP contribution >= 0.6 is 0 Å². The summed E-state index contributed by atoms with van der Waals surface area (Å²) >= 11 is 0. The molecule has 1 atom stereocenters. The summed E-state index contributed by atoms with van der Waals surface area (Å²) in [5.74, 6) is -1.60. The molecule has 2 aliphatic rings. The van der Waals surface area contributed by atoms with Crippen LogP contribution in [0.4, 0.5) is 23.4 Å². The lowest BCUT2D eigenvalue weighted by molar-refractivity contribution is -0.154.